The molecule has 0 atom stereocenters. The van der Waals surface area contributed by atoms with E-state index in [4.69, 9.17) is 9.47 Å². The smallest absolute Gasteiger partial charge is 0.135 e. The zero-order chi connectivity index (χ0) is 21.7. The lowest BCUT2D eigenvalue weighted by molar-refractivity contribution is 0.416. The Morgan fingerprint density at radius 1 is 0.344 bits per heavy atom. The van der Waals surface area contributed by atoms with E-state index < -0.39 is 0 Å². The lowest BCUT2D eigenvalue weighted by Gasteiger charge is -2.21. The van der Waals surface area contributed by atoms with Crippen LogP contribution in [0.4, 0.5) is 0 Å². The number of rotatable bonds is 3. The van der Waals surface area contributed by atoms with Crippen LogP contribution in [0, 0.1) is 0 Å². The number of benzene rings is 6. The van der Waals surface area contributed by atoms with Gasteiger partial charge in [-0.25, -0.2) is 0 Å². The van der Waals surface area contributed by atoms with Gasteiger partial charge in [-0.2, -0.15) is 0 Å². The van der Waals surface area contributed by atoms with Crippen molar-refractivity contribution in [3.8, 4) is 22.6 Å². The van der Waals surface area contributed by atoms with Gasteiger partial charge < -0.3 is 9.47 Å². The maximum atomic E-state index is 6.13. The Hall–Kier alpha value is -4.04. The van der Waals surface area contributed by atoms with Crippen molar-refractivity contribution in [1.29, 1.82) is 0 Å². The van der Waals surface area contributed by atoms with Gasteiger partial charge in [0.1, 0.15) is 11.5 Å². The molecule has 0 heterocycles. The summed E-state index contributed by atoms with van der Waals surface area (Å²) in [4.78, 5) is 0. The van der Waals surface area contributed by atoms with Crippen molar-refractivity contribution in [2.75, 3.05) is 14.2 Å². The predicted molar refractivity (Wildman–Crippen MR) is 135 cm³/mol. The third-order valence-electron chi connectivity index (χ3n) is 6.43. The van der Waals surface area contributed by atoms with Gasteiger partial charge in [-0.1, -0.05) is 97.1 Å². The number of ether oxygens (including phenoxy) is 2. The summed E-state index contributed by atoms with van der Waals surface area (Å²) in [5.74, 6) is 1.75. The molecule has 6 rings (SSSR count). The van der Waals surface area contributed by atoms with E-state index in [9.17, 15) is 0 Å². The monoisotopic (exact) mass is 414 g/mol. The van der Waals surface area contributed by atoms with Gasteiger partial charge in [-0.3, -0.25) is 0 Å². The van der Waals surface area contributed by atoms with E-state index in [0.717, 1.165) is 44.2 Å². The molecule has 0 radical (unpaired) electrons. The lowest BCUT2D eigenvalue weighted by Crippen LogP contribution is -1.97. The van der Waals surface area contributed by atoms with Crippen LogP contribution in [0.25, 0.3) is 54.2 Å². The third-order valence-corrected chi connectivity index (χ3v) is 6.43. The molecule has 0 aliphatic carbocycles. The first-order chi connectivity index (χ1) is 15.8. The SMILES string of the molecule is COc1c(-c2c(OC)c3ccccc3c3ccccc23)c2ccccc2c2ccccc12. The molecule has 0 fully saturated rings. The van der Waals surface area contributed by atoms with Crippen molar-refractivity contribution in [2.45, 2.75) is 0 Å². The van der Waals surface area contributed by atoms with Crippen LogP contribution < -0.4 is 9.47 Å². The van der Waals surface area contributed by atoms with Gasteiger partial charge >= 0.3 is 0 Å². The quantitative estimate of drug-likeness (QED) is 0.273. The Morgan fingerprint density at radius 3 is 0.906 bits per heavy atom. The summed E-state index contributed by atoms with van der Waals surface area (Å²) in [7, 11) is 3.52. The summed E-state index contributed by atoms with van der Waals surface area (Å²) in [5, 5.41) is 9.30. The molecule has 2 heteroatoms. The van der Waals surface area contributed by atoms with Gasteiger partial charge in [0.15, 0.2) is 0 Å². The molecule has 6 aromatic rings. The average Bonchev–Trinajstić information content (AvgIpc) is 2.87. The van der Waals surface area contributed by atoms with Crippen LogP contribution in [0.5, 0.6) is 11.5 Å². The number of fused-ring (bicyclic) bond motifs is 6. The molecule has 6 aromatic carbocycles. The maximum Gasteiger partial charge on any atom is 0.135 e. The fourth-order valence-corrected chi connectivity index (χ4v) is 5.14. The molecule has 32 heavy (non-hydrogen) atoms. The molecule has 2 nitrogen and oxygen atoms in total. The summed E-state index contributed by atoms with van der Waals surface area (Å²) >= 11 is 0. The molecule has 154 valence electrons. The first-order valence-electron chi connectivity index (χ1n) is 10.8. The molecule has 0 aliphatic rings. The standard InChI is InChI=1S/C30H22O2/c1-31-29-25-17-9-5-13-21(25)19-11-3-7-15-23(19)27(29)28-24-16-8-4-12-20(24)22-14-6-10-18-26(22)30(28)32-2/h3-18H,1-2H3. The van der Waals surface area contributed by atoms with Crippen molar-refractivity contribution in [3.05, 3.63) is 97.1 Å². The number of hydrogen-bond acceptors (Lipinski definition) is 2. The van der Waals surface area contributed by atoms with Gasteiger partial charge in [0.25, 0.3) is 0 Å². The second kappa shape index (κ2) is 7.28. The Labute approximate surface area is 186 Å². The highest BCUT2D eigenvalue weighted by molar-refractivity contribution is 6.24. The molecule has 0 unspecified atom stereocenters. The highest BCUT2D eigenvalue weighted by Gasteiger charge is 2.23. The Morgan fingerprint density at radius 2 is 0.594 bits per heavy atom. The molecule has 0 saturated carbocycles. The summed E-state index contributed by atoms with van der Waals surface area (Å²) in [6.07, 6.45) is 0. The van der Waals surface area contributed by atoms with E-state index in [1.54, 1.807) is 14.2 Å². The fraction of sp³-hybridized carbons (Fsp3) is 0.0667. The van der Waals surface area contributed by atoms with E-state index in [1.165, 1.54) is 21.5 Å². The fourth-order valence-electron chi connectivity index (χ4n) is 5.14. The van der Waals surface area contributed by atoms with E-state index >= 15 is 0 Å². The number of hydrogen-bond donors (Lipinski definition) is 0. The van der Waals surface area contributed by atoms with Crippen LogP contribution in [-0.2, 0) is 0 Å². The largest absolute Gasteiger partial charge is 0.495 e. The van der Waals surface area contributed by atoms with Crippen LogP contribution >= 0.6 is 0 Å². The molecule has 0 amide bonds. The van der Waals surface area contributed by atoms with Crippen molar-refractivity contribution in [3.63, 3.8) is 0 Å². The van der Waals surface area contributed by atoms with Crippen molar-refractivity contribution >= 4 is 43.1 Å². The van der Waals surface area contributed by atoms with Gasteiger partial charge in [-0.05, 0) is 32.3 Å². The zero-order valence-electron chi connectivity index (χ0n) is 18.1. The minimum atomic E-state index is 0.873. The molecule has 0 aliphatic heterocycles. The second-order valence-electron chi connectivity index (χ2n) is 8.00. The molecule has 0 spiro atoms. The first-order valence-corrected chi connectivity index (χ1v) is 10.8. The minimum absolute atomic E-state index is 0.873. The summed E-state index contributed by atoms with van der Waals surface area (Å²) in [5.41, 5.74) is 2.14. The van der Waals surface area contributed by atoms with E-state index in [1.807, 2.05) is 0 Å². The molecular formula is C30H22O2. The molecular weight excluding hydrogens is 392 g/mol. The highest BCUT2D eigenvalue weighted by Crippen LogP contribution is 2.51. The summed E-state index contributed by atoms with van der Waals surface area (Å²) in [6.45, 7) is 0. The van der Waals surface area contributed by atoms with E-state index in [0.29, 0.717) is 0 Å². The number of methoxy groups -OCH3 is 2. The first kappa shape index (κ1) is 18.7. The third kappa shape index (κ3) is 2.53. The zero-order valence-corrected chi connectivity index (χ0v) is 18.1. The minimum Gasteiger partial charge on any atom is -0.495 e. The van der Waals surface area contributed by atoms with Gasteiger partial charge in [-0.15, -0.1) is 0 Å². The Kier molecular flexibility index (Phi) is 4.26. The normalized spacial score (nSPS) is 11.4. The van der Waals surface area contributed by atoms with Crippen LogP contribution in [0.1, 0.15) is 0 Å². The second-order valence-corrected chi connectivity index (χ2v) is 8.00. The Bertz CT molecular complexity index is 1520. The summed E-state index contributed by atoms with van der Waals surface area (Å²) < 4.78 is 12.3. The van der Waals surface area contributed by atoms with Crippen molar-refractivity contribution in [1.82, 2.24) is 0 Å². The lowest BCUT2D eigenvalue weighted by atomic mass is 9.87. The van der Waals surface area contributed by atoms with Crippen molar-refractivity contribution in [2.24, 2.45) is 0 Å². The van der Waals surface area contributed by atoms with Gasteiger partial charge in [0, 0.05) is 21.9 Å². The van der Waals surface area contributed by atoms with Crippen molar-refractivity contribution < 1.29 is 9.47 Å². The van der Waals surface area contributed by atoms with E-state index in [2.05, 4.69) is 97.1 Å². The molecule has 0 bridgehead atoms. The topological polar surface area (TPSA) is 18.5 Å². The average molecular weight is 415 g/mol. The van der Waals surface area contributed by atoms with Crippen LogP contribution in [0.2, 0.25) is 0 Å². The van der Waals surface area contributed by atoms with Crippen LogP contribution in [0.3, 0.4) is 0 Å². The molecule has 0 saturated heterocycles. The highest BCUT2D eigenvalue weighted by atomic mass is 16.5. The molecule has 0 N–H and O–H groups in total. The maximum absolute atomic E-state index is 6.13. The summed E-state index contributed by atoms with van der Waals surface area (Å²) in [6, 6.07) is 34.0. The van der Waals surface area contributed by atoms with E-state index in [-0.39, 0.29) is 0 Å². The van der Waals surface area contributed by atoms with Crippen LogP contribution in [0.15, 0.2) is 97.1 Å². The van der Waals surface area contributed by atoms with Gasteiger partial charge in [0.05, 0.1) is 14.2 Å². The Balaban J connectivity index is 1.94. The molecule has 0 aromatic heterocycles. The van der Waals surface area contributed by atoms with Gasteiger partial charge in [0.2, 0.25) is 0 Å². The van der Waals surface area contributed by atoms with Crippen LogP contribution in [-0.4, -0.2) is 14.2 Å². The predicted octanol–water partition coefficient (Wildman–Crippen LogP) is 7.98.